The standard InChI is InChI=1S/C11H21/c1-8(2)11-7-5-6-9(3)10(11)4/h8,10-11H,5-7H2,1-4H3. The van der Waals surface area contributed by atoms with Crippen molar-refractivity contribution in [2.24, 2.45) is 17.8 Å². The molecular formula is C11H21. The van der Waals surface area contributed by atoms with Gasteiger partial charge in [0.2, 0.25) is 0 Å². The Morgan fingerprint density at radius 1 is 1.36 bits per heavy atom. The lowest BCUT2D eigenvalue weighted by Crippen LogP contribution is -2.26. The Morgan fingerprint density at radius 3 is 2.45 bits per heavy atom. The molecule has 1 aliphatic carbocycles. The first-order valence-electron chi connectivity index (χ1n) is 4.95. The lowest BCUT2D eigenvalue weighted by molar-refractivity contribution is 0.218. The predicted octanol–water partition coefficient (Wildman–Crippen LogP) is 3.67. The van der Waals surface area contributed by atoms with E-state index in [1.165, 1.54) is 19.3 Å². The second kappa shape index (κ2) is 3.60. The van der Waals surface area contributed by atoms with E-state index >= 15 is 0 Å². The van der Waals surface area contributed by atoms with Crippen LogP contribution in [0.3, 0.4) is 0 Å². The first-order valence-corrected chi connectivity index (χ1v) is 4.95. The summed E-state index contributed by atoms with van der Waals surface area (Å²) in [7, 11) is 0. The Balaban J connectivity index is 2.51. The van der Waals surface area contributed by atoms with Crippen molar-refractivity contribution in [2.45, 2.75) is 47.0 Å². The van der Waals surface area contributed by atoms with Crippen molar-refractivity contribution < 1.29 is 0 Å². The summed E-state index contributed by atoms with van der Waals surface area (Å²) in [5.74, 6) is 4.45. The maximum Gasteiger partial charge on any atom is -0.0241 e. The zero-order valence-electron chi connectivity index (χ0n) is 8.35. The molecule has 1 aliphatic rings. The van der Waals surface area contributed by atoms with Crippen LogP contribution < -0.4 is 0 Å². The molecule has 0 N–H and O–H groups in total. The molecule has 0 amide bonds. The van der Waals surface area contributed by atoms with Gasteiger partial charge < -0.3 is 0 Å². The molecule has 1 rings (SSSR count). The summed E-state index contributed by atoms with van der Waals surface area (Å²) in [5.41, 5.74) is 0. The van der Waals surface area contributed by atoms with Crippen molar-refractivity contribution in [3.63, 3.8) is 0 Å². The molecule has 0 bridgehead atoms. The molecule has 0 aromatic rings. The van der Waals surface area contributed by atoms with Gasteiger partial charge in [-0.1, -0.05) is 34.1 Å². The van der Waals surface area contributed by atoms with Crippen molar-refractivity contribution in [1.29, 1.82) is 0 Å². The van der Waals surface area contributed by atoms with Crippen molar-refractivity contribution in [3.05, 3.63) is 5.92 Å². The normalized spacial score (nSPS) is 34.6. The highest BCUT2D eigenvalue weighted by Gasteiger charge is 2.28. The summed E-state index contributed by atoms with van der Waals surface area (Å²) in [5, 5.41) is 0. The summed E-state index contributed by atoms with van der Waals surface area (Å²) >= 11 is 0. The molecule has 1 fully saturated rings. The monoisotopic (exact) mass is 153 g/mol. The Morgan fingerprint density at radius 2 is 2.00 bits per heavy atom. The fourth-order valence-electron chi connectivity index (χ4n) is 2.37. The fourth-order valence-corrected chi connectivity index (χ4v) is 2.37. The summed E-state index contributed by atoms with van der Waals surface area (Å²) in [4.78, 5) is 0. The van der Waals surface area contributed by atoms with Crippen LogP contribution in [0.5, 0.6) is 0 Å². The molecule has 1 saturated carbocycles. The van der Waals surface area contributed by atoms with Gasteiger partial charge in [-0.15, -0.1) is 0 Å². The van der Waals surface area contributed by atoms with Crippen LogP contribution >= 0.6 is 0 Å². The molecule has 0 heteroatoms. The van der Waals surface area contributed by atoms with Gasteiger partial charge in [-0.3, -0.25) is 0 Å². The Hall–Kier alpha value is 0. The molecule has 2 atom stereocenters. The molecule has 0 nitrogen and oxygen atoms in total. The van der Waals surface area contributed by atoms with E-state index in [1.807, 2.05) is 0 Å². The highest BCUT2D eigenvalue weighted by molar-refractivity contribution is 4.97. The molecular weight excluding hydrogens is 132 g/mol. The van der Waals surface area contributed by atoms with Crippen LogP contribution in [-0.4, -0.2) is 0 Å². The molecule has 0 aromatic carbocycles. The minimum Gasteiger partial charge on any atom is -0.0625 e. The molecule has 65 valence electrons. The summed E-state index contributed by atoms with van der Waals surface area (Å²) in [6, 6.07) is 0. The average Bonchev–Trinajstić information content (AvgIpc) is 1.94. The van der Waals surface area contributed by atoms with Crippen LogP contribution in [0.2, 0.25) is 0 Å². The molecule has 0 heterocycles. The van der Waals surface area contributed by atoms with Gasteiger partial charge >= 0.3 is 0 Å². The van der Waals surface area contributed by atoms with E-state index in [1.54, 1.807) is 5.92 Å². The molecule has 0 aliphatic heterocycles. The van der Waals surface area contributed by atoms with E-state index in [4.69, 9.17) is 0 Å². The number of hydrogen-bond acceptors (Lipinski definition) is 0. The van der Waals surface area contributed by atoms with Gasteiger partial charge in [0.15, 0.2) is 0 Å². The van der Waals surface area contributed by atoms with Gasteiger partial charge in [0.1, 0.15) is 0 Å². The lowest BCUT2D eigenvalue weighted by atomic mass is 9.69. The Bertz CT molecular complexity index is 115. The third kappa shape index (κ3) is 1.98. The first-order chi connectivity index (χ1) is 5.13. The maximum atomic E-state index is 2.40. The van der Waals surface area contributed by atoms with Crippen molar-refractivity contribution in [3.8, 4) is 0 Å². The predicted molar refractivity (Wildman–Crippen MR) is 50.3 cm³/mol. The highest BCUT2D eigenvalue weighted by atomic mass is 14.3. The number of hydrogen-bond donors (Lipinski definition) is 0. The molecule has 11 heavy (non-hydrogen) atoms. The van der Waals surface area contributed by atoms with E-state index in [2.05, 4.69) is 27.7 Å². The third-order valence-corrected chi connectivity index (χ3v) is 3.38. The first kappa shape index (κ1) is 9.09. The second-order valence-corrected chi connectivity index (χ2v) is 4.44. The van der Waals surface area contributed by atoms with Crippen LogP contribution in [0.15, 0.2) is 0 Å². The fraction of sp³-hybridized carbons (Fsp3) is 0.909. The largest absolute Gasteiger partial charge is 0.0625 e. The smallest absolute Gasteiger partial charge is 0.0241 e. The van der Waals surface area contributed by atoms with E-state index in [0.717, 1.165) is 17.8 Å². The minimum atomic E-state index is 0.875. The van der Waals surface area contributed by atoms with E-state index in [0.29, 0.717) is 0 Å². The third-order valence-electron chi connectivity index (χ3n) is 3.38. The zero-order chi connectivity index (χ0) is 8.43. The summed E-state index contributed by atoms with van der Waals surface area (Å²) in [6.07, 6.45) is 4.26. The number of rotatable bonds is 1. The van der Waals surface area contributed by atoms with Crippen LogP contribution in [0.1, 0.15) is 47.0 Å². The minimum absolute atomic E-state index is 0.875. The van der Waals surface area contributed by atoms with E-state index in [-0.39, 0.29) is 0 Å². The van der Waals surface area contributed by atoms with Gasteiger partial charge in [-0.2, -0.15) is 0 Å². The summed E-state index contributed by atoms with van der Waals surface area (Å²) < 4.78 is 0. The SMILES string of the molecule is C[C]1CCCC(C(C)C)C1C. The van der Waals surface area contributed by atoms with Crippen LogP contribution in [0.4, 0.5) is 0 Å². The molecule has 2 unspecified atom stereocenters. The van der Waals surface area contributed by atoms with Gasteiger partial charge in [-0.25, -0.2) is 0 Å². The van der Waals surface area contributed by atoms with Gasteiger partial charge in [0.25, 0.3) is 0 Å². The van der Waals surface area contributed by atoms with Crippen molar-refractivity contribution >= 4 is 0 Å². The average molecular weight is 153 g/mol. The van der Waals surface area contributed by atoms with Crippen molar-refractivity contribution in [2.75, 3.05) is 0 Å². The van der Waals surface area contributed by atoms with Crippen LogP contribution in [0, 0.1) is 23.7 Å². The maximum absolute atomic E-state index is 2.40. The van der Waals surface area contributed by atoms with E-state index in [9.17, 15) is 0 Å². The Labute approximate surface area is 71.4 Å². The Kier molecular flexibility index (Phi) is 2.98. The quantitative estimate of drug-likeness (QED) is 0.539. The van der Waals surface area contributed by atoms with Crippen LogP contribution in [0.25, 0.3) is 0 Å². The summed E-state index contributed by atoms with van der Waals surface area (Å²) in [6.45, 7) is 9.46. The molecule has 1 radical (unpaired) electrons. The second-order valence-electron chi connectivity index (χ2n) is 4.44. The van der Waals surface area contributed by atoms with E-state index < -0.39 is 0 Å². The van der Waals surface area contributed by atoms with Crippen molar-refractivity contribution in [1.82, 2.24) is 0 Å². The van der Waals surface area contributed by atoms with Gasteiger partial charge in [0.05, 0.1) is 0 Å². The molecule has 0 saturated heterocycles. The molecule has 0 aromatic heterocycles. The van der Waals surface area contributed by atoms with Gasteiger partial charge in [-0.05, 0) is 36.5 Å². The zero-order valence-corrected chi connectivity index (χ0v) is 8.35. The molecule has 0 spiro atoms. The highest BCUT2D eigenvalue weighted by Crippen LogP contribution is 2.39. The van der Waals surface area contributed by atoms with Gasteiger partial charge in [0, 0.05) is 0 Å². The topological polar surface area (TPSA) is 0 Å². The lowest BCUT2D eigenvalue weighted by Gasteiger charge is -2.36. The van der Waals surface area contributed by atoms with Crippen LogP contribution in [-0.2, 0) is 0 Å².